The van der Waals surface area contributed by atoms with Gasteiger partial charge in [-0.25, -0.2) is 4.98 Å². The topological polar surface area (TPSA) is 88.3 Å². The number of amides is 2. The van der Waals surface area contributed by atoms with Gasteiger partial charge in [-0.1, -0.05) is 53.2 Å². The molecule has 3 heterocycles. The maximum atomic E-state index is 13.4. The average Bonchev–Trinajstić information content (AvgIpc) is 3.56. The number of aryl methyl sites for hydroxylation is 2. The van der Waals surface area contributed by atoms with E-state index in [4.69, 9.17) is 16.1 Å². The lowest BCUT2D eigenvalue weighted by atomic mass is 9.96. The van der Waals surface area contributed by atoms with E-state index in [9.17, 15) is 9.59 Å². The van der Waals surface area contributed by atoms with E-state index in [0.29, 0.717) is 47.4 Å². The molecule has 7 nitrogen and oxygen atoms in total. The van der Waals surface area contributed by atoms with Crippen LogP contribution >= 0.6 is 22.9 Å². The van der Waals surface area contributed by atoms with E-state index in [-0.39, 0.29) is 17.7 Å². The summed E-state index contributed by atoms with van der Waals surface area (Å²) in [4.78, 5) is 32.6. The molecule has 1 aliphatic rings. The molecular formula is C28H27ClN4O3S. The number of hydrogen-bond donors (Lipinski definition) is 1. The van der Waals surface area contributed by atoms with Crippen LogP contribution in [0.5, 0.6) is 0 Å². The van der Waals surface area contributed by atoms with Crippen LogP contribution in [0.25, 0.3) is 11.3 Å². The van der Waals surface area contributed by atoms with Crippen molar-refractivity contribution >= 4 is 34.8 Å². The lowest BCUT2D eigenvalue weighted by Gasteiger charge is -2.31. The Kier molecular flexibility index (Phi) is 7.39. The van der Waals surface area contributed by atoms with Gasteiger partial charge in [0, 0.05) is 41.5 Å². The maximum Gasteiger partial charge on any atom is 0.271 e. The van der Waals surface area contributed by atoms with E-state index in [1.54, 1.807) is 6.92 Å². The highest BCUT2D eigenvalue weighted by Crippen LogP contribution is 2.33. The Morgan fingerprint density at radius 1 is 1.14 bits per heavy atom. The molecule has 0 saturated carbocycles. The van der Waals surface area contributed by atoms with Gasteiger partial charge in [0.2, 0.25) is 0 Å². The van der Waals surface area contributed by atoms with Crippen molar-refractivity contribution in [1.82, 2.24) is 20.4 Å². The van der Waals surface area contributed by atoms with Gasteiger partial charge in [0.1, 0.15) is 22.7 Å². The van der Waals surface area contributed by atoms with Crippen LogP contribution in [0.4, 0.5) is 0 Å². The third-order valence-corrected chi connectivity index (χ3v) is 8.00. The van der Waals surface area contributed by atoms with Crippen molar-refractivity contribution in [2.75, 3.05) is 13.1 Å². The molecule has 0 aliphatic carbocycles. The normalized spacial score (nSPS) is 14.1. The van der Waals surface area contributed by atoms with Gasteiger partial charge < -0.3 is 14.7 Å². The predicted octanol–water partition coefficient (Wildman–Crippen LogP) is 6.02. The number of likely N-dealkylation sites (tertiary alicyclic amines) is 1. The van der Waals surface area contributed by atoms with Gasteiger partial charge in [0.15, 0.2) is 0 Å². The molecule has 190 valence electrons. The van der Waals surface area contributed by atoms with Crippen LogP contribution in [0.15, 0.2) is 58.4 Å². The monoisotopic (exact) mass is 534 g/mol. The number of rotatable bonds is 6. The molecule has 37 heavy (non-hydrogen) atoms. The Bertz CT molecular complexity index is 1420. The molecule has 0 bridgehead atoms. The molecule has 9 heteroatoms. The van der Waals surface area contributed by atoms with Crippen molar-refractivity contribution in [3.63, 3.8) is 0 Å². The van der Waals surface area contributed by atoms with Crippen LogP contribution in [-0.2, 0) is 6.54 Å². The van der Waals surface area contributed by atoms with Gasteiger partial charge in [-0.05, 0) is 49.9 Å². The van der Waals surface area contributed by atoms with Gasteiger partial charge in [-0.3, -0.25) is 9.59 Å². The summed E-state index contributed by atoms with van der Waals surface area (Å²) in [6.45, 7) is 5.38. The minimum Gasteiger partial charge on any atom is -0.360 e. The molecule has 1 aliphatic heterocycles. The SMILES string of the molecule is Cc1cc(Cl)ccc1CNC(=O)c1csc(C2CCN(C(=O)c3c(-c4ccccc4)noc3C)CC2)n1. The highest BCUT2D eigenvalue weighted by molar-refractivity contribution is 7.09. The van der Waals surface area contributed by atoms with Crippen LogP contribution in [0.1, 0.15) is 61.5 Å². The Hall–Kier alpha value is -3.49. The molecule has 0 spiro atoms. The first-order valence-electron chi connectivity index (χ1n) is 12.2. The first kappa shape index (κ1) is 25.2. The van der Waals surface area contributed by atoms with Crippen molar-refractivity contribution in [1.29, 1.82) is 0 Å². The molecule has 1 N–H and O–H groups in total. The standard InChI is InChI=1S/C28H27ClN4O3S/c1-17-14-22(29)9-8-21(17)15-30-26(34)23-16-37-27(31-23)20-10-12-33(13-11-20)28(35)24-18(2)36-32-25(24)19-6-4-3-5-7-19/h3-9,14,16,20H,10-13,15H2,1-2H3,(H,30,34). The second-order valence-corrected chi connectivity index (χ2v) is 10.5. The summed E-state index contributed by atoms with van der Waals surface area (Å²) in [7, 11) is 0. The second-order valence-electron chi connectivity index (χ2n) is 9.22. The summed E-state index contributed by atoms with van der Waals surface area (Å²) in [6, 6.07) is 15.2. The Morgan fingerprint density at radius 3 is 2.62 bits per heavy atom. The fourth-order valence-electron chi connectivity index (χ4n) is 4.61. The third-order valence-electron chi connectivity index (χ3n) is 6.75. The van der Waals surface area contributed by atoms with Crippen molar-refractivity contribution in [2.24, 2.45) is 0 Å². The van der Waals surface area contributed by atoms with Crippen molar-refractivity contribution in [2.45, 2.75) is 39.2 Å². The number of benzene rings is 2. The molecule has 1 saturated heterocycles. The molecule has 2 aromatic heterocycles. The van der Waals surface area contributed by atoms with Crippen LogP contribution in [0.2, 0.25) is 5.02 Å². The smallest absolute Gasteiger partial charge is 0.271 e. The van der Waals surface area contributed by atoms with E-state index in [1.165, 1.54) is 11.3 Å². The first-order valence-corrected chi connectivity index (χ1v) is 13.5. The molecule has 0 unspecified atom stereocenters. The zero-order valence-corrected chi connectivity index (χ0v) is 22.2. The largest absolute Gasteiger partial charge is 0.360 e. The fraction of sp³-hybridized carbons (Fsp3) is 0.286. The lowest BCUT2D eigenvalue weighted by molar-refractivity contribution is 0.0711. The molecule has 1 fully saturated rings. The Morgan fingerprint density at radius 2 is 1.89 bits per heavy atom. The second kappa shape index (κ2) is 10.9. The van der Waals surface area contributed by atoms with Crippen LogP contribution in [0.3, 0.4) is 0 Å². The zero-order chi connectivity index (χ0) is 25.9. The van der Waals surface area contributed by atoms with Gasteiger partial charge in [-0.15, -0.1) is 11.3 Å². The van der Waals surface area contributed by atoms with Crippen LogP contribution in [0, 0.1) is 13.8 Å². The summed E-state index contributed by atoms with van der Waals surface area (Å²) < 4.78 is 5.39. The summed E-state index contributed by atoms with van der Waals surface area (Å²) in [5, 5.41) is 10.5. The van der Waals surface area contributed by atoms with Gasteiger partial charge in [-0.2, -0.15) is 0 Å². The molecule has 0 radical (unpaired) electrons. The molecular weight excluding hydrogens is 508 g/mol. The van der Waals surface area contributed by atoms with E-state index in [1.807, 2.05) is 65.7 Å². The van der Waals surface area contributed by atoms with Crippen molar-refractivity contribution < 1.29 is 14.1 Å². The quantitative estimate of drug-likeness (QED) is 0.327. The van der Waals surface area contributed by atoms with Crippen molar-refractivity contribution in [3.8, 4) is 11.3 Å². The predicted molar refractivity (Wildman–Crippen MR) is 144 cm³/mol. The summed E-state index contributed by atoms with van der Waals surface area (Å²) in [5.41, 5.74) is 4.44. The minimum atomic E-state index is -0.194. The van der Waals surface area contributed by atoms with E-state index < -0.39 is 0 Å². The Labute approximate surface area is 224 Å². The summed E-state index contributed by atoms with van der Waals surface area (Å²) in [5.74, 6) is 0.482. The molecule has 2 amide bonds. The highest BCUT2D eigenvalue weighted by Gasteiger charge is 2.30. The summed E-state index contributed by atoms with van der Waals surface area (Å²) >= 11 is 7.52. The van der Waals surface area contributed by atoms with E-state index in [0.717, 1.165) is 34.5 Å². The van der Waals surface area contributed by atoms with Crippen molar-refractivity contribution in [3.05, 3.63) is 92.1 Å². The summed E-state index contributed by atoms with van der Waals surface area (Å²) in [6.07, 6.45) is 1.57. The number of aromatic nitrogens is 2. The molecule has 0 atom stereocenters. The molecule has 4 aromatic rings. The van der Waals surface area contributed by atoms with Gasteiger partial charge >= 0.3 is 0 Å². The molecule has 2 aromatic carbocycles. The number of carbonyl (C=O) groups excluding carboxylic acids is 2. The lowest BCUT2D eigenvalue weighted by Crippen LogP contribution is -2.38. The number of nitrogens with zero attached hydrogens (tertiary/aromatic N) is 3. The number of carbonyl (C=O) groups is 2. The van der Waals surface area contributed by atoms with E-state index >= 15 is 0 Å². The first-order chi connectivity index (χ1) is 17.9. The number of halogens is 1. The van der Waals surface area contributed by atoms with Gasteiger partial charge in [0.05, 0.1) is 5.01 Å². The highest BCUT2D eigenvalue weighted by atomic mass is 35.5. The average molecular weight is 535 g/mol. The Balaban J connectivity index is 1.19. The van der Waals surface area contributed by atoms with Crippen LogP contribution < -0.4 is 5.32 Å². The van der Waals surface area contributed by atoms with E-state index in [2.05, 4.69) is 15.5 Å². The number of hydrogen-bond acceptors (Lipinski definition) is 6. The number of thiazole rings is 1. The van der Waals surface area contributed by atoms with Crippen LogP contribution in [-0.4, -0.2) is 39.9 Å². The van der Waals surface area contributed by atoms with Gasteiger partial charge in [0.25, 0.3) is 11.8 Å². The number of nitrogens with one attached hydrogen (secondary N) is 1. The zero-order valence-electron chi connectivity index (χ0n) is 20.7. The third kappa shape index (κ3) is 5.45. The molecule has 5 rings (SSSR count). The maximum absolute atomic E-state index is 13.4. The minimum absolute atomic E-state index is 0.0623. The fourth-order valence-corrected chi connectivity index (χ4v) is 5.81. The number of piperidine rings is 1.